The molecular formula is C11H10BrNO4. The predicted molar refractivity (Wildman–Crippen MR) is 64.0 cm³/mol. The van der Waals surface area contributed by atoms with Gasteiger partial charge >= 0.3 is 0 Å². The van der Waals surface area contributed by atoms with Crippen LogP contribution in [-0.2, 0) is 14.3 Å². The molecule has 6 heteroatoms. The average molecular weight is 300 g/mol. The number of halogens is 1. The number of nitrogens with zero attached hydrogens (tertiary/aromatic N) is 1. The summed E-state index contributed by atoms with van der Waals surface area (Å²) in [6.07, 6.45) is 0. The van der Waals surface area contributed by atoms with Gasteiger partial charge in [-0.05, 0) is 28.1 Å². The largest absolute Gasteiger partial charge is 0.497 e. The lowest BCUT2D eigenvalue weighted by Gasteiger charge is -2.26. The fraction of sp³-hybridized carbons (Fsp3) is 0.273. The summed E-state index contributed by atoms with van der Waals surface area (Å²) in [7, 11) is 1.52. The van der Waals surface area contributed by atoms with Gasteiger partial charge in [0, 0.05) is 10.5 Å². The Bertz CT molecular complexity index is 459. The minimum absolute atomic E-state index is 0.0879. The van der Waals surface area contributed by atoms with Crippen molar-refractivity contribution in [2.45, 2.75) is 0 Å². The fourth-order valence-corrected chi connectivity index (χ4v) is 1.98. The maximum Gasteiger partial charge on any atom is 0.259 e. The zero-order chi connectivity index (χ0) is 12.4. The van der Waals surface area contributed by atoms with Crippen LogP contribution in [0, 0.1) is 0 Å². The van der Waals surface area contributed by atoms with Gasteiger partial charge in [-0.1, -0.05) is 0 Å². The van der Waals surface area contributed by atoms with Crippen molar-refractivity contribution >= 4 is 33.4 Å². The molecule has 1 aliphatic heterocycles. The molecule has 0 spiro atoms. The van der Waals surface area contributed by atoms with Crippen LogP contribution in [0.2, 0.25) is 0 Å². The van der Waals surface area contributed by atoms with E-state index in [-0.39, 0.29) is 25.0 Å². The summed E-state index contributed by atoms with van der Waals surface area (Å²) in [5.41, 5.74) is 0.475. The molecule has 0 unspecified atom stereocenters. The van der Waals surface area contributed by atoms with Crippen molar-refractivity contribution in [2.24, 2.45) is 0 Å². The molecule has 1 fully saturated rings. The van der Waals surface area contributed by atoms with Crippen LogP contribution in [0.15, 0.2) is 22.7 Å². The van der Waals surface area contributed by atoms with Crippen LogP contribution in [0.3, 0.4) is 0 Å². The van der Waals surface area contributed by atoms with Gasteiger partial charge in [0.1, 0.15) is 19.0 Å². The molecule has 1 aliphatic rings. The molecule has 0 bridgehead atoms. The lowest BCUT2D eigenvalue weighted by atomic mass is 10.2. The molecule has 0 radical (unpaired) electrons. The minimum atomic E-state index is -0.379. The lowest BCUT2D eigenvalue weighted by molar-refractivity contribution is -0.138. The standard InChI is InChI=1S/C11H10BrNO4/c1-16-7-2-3-8(12)9(4-7)13-10(14)5-17-6-11(13)15/h2-4H,5-6H2,1H3. The summed E-state index contributed by atoms with van der Waals surface area (Å²) in [4.78, 5) is 24.5. The Morgan fingerprint density at radius 1 is 1.29 bits per heavy atom. The molecule has 0 N–H and O–H groups in total. The van der Waals surface area contributed by atoms with Gasteiger partial charge in [-0.2, -0.15) is 0 Å². The predicted octanol–water partition coefficient (Wildman–Crippen LogP) is 1.35. The van der Waals surface area contributed by atoms with Gasteiger partial charge < -0.3 is 9.47 Å². The molecule has 1 aromatic rings. The van der Waals surface area contributed by atoms with Crippen LogP contribution in [0.5, 0.6) is 5.75 Å². The monoisotopic (exact) mass is 299 g/mol. The quantitative estimate of drug-likeness (QED) is 0.774. The second-order valence-electron chi connectivity index (χ2n) is 3.43. The van der Waals surface area contributed by atoms with Gasteiger partial charge in [-0.15, -0.1) is 0 Å². The topological polar surface area (TPSA) is 55.8 Å². The highest BCUT2D eigenvalue weighted by Crippen LogP contribution is 2.31. The number of carbonyl (C=O) groups excluding carboxylic acids is 2. The number of rotatable bonds is 2. The van der Waals surface area contributed by atoms with Gasteiger partial charge in [-0.25, -0.2) is 4.90 Å². The number of methoxy groups -OCH3 is 1. The highest BCUT2D eigenvalue weighted by atomic mass is 79.9. The molecule has 0 saturated carbocycles. The van der Waals surface area contributed by atoms with Gasteiger partial charge in [0.15, 0.2) is 0 Å². The van der Waals surface area contributed by atoms with E-state index in [1.165, 1.54) is 7.11 Å². The molecule has 5 nitrogen and oxygen atoms in total. The molecule has 0 aromatic heterocycles. The summed E-state index contributed by atoms with van der Waals surface area (Å²) < 4.78 is 10.6. The SMILES string of the molecule is COc1ccc(Br)c(N2C(=O)COCC2=O)c1. The van der Waals surface area contributed by atoms with Gasteiger partial charge in [0.05, 0.1) is 12.8 Å². The second kappa shape index (κ2) is 4.85. The zero-order valence-corrected chi connectivity index (χ0v) is 10.7. The Kier molecular flexibility index (Phi) is 3.44. The van der Waals surface area contributed by atoms with Crippen LogP contribution in [-0.4, -0.2) is 32.1 Å². The third kappa shape index (κ3) is 2.32. The van der Waals surface area contributed by atoms with Crippen molar-refractivity contribution < 1.29 is 19.1 Å². The van der Waals surface area contributed by atoms with E-state index in [0.29, 0.717) is 15.9 Å². The van der Waals surface area contributed by atoms with E-state index in [9.17, 15) is 9.59 Å². The van der Waals surface area contributed by atoms with Crippen LogP contribution >= 0.6 is 15.9 Å². The Balaban J connectivity index is 2.43. The number of amides is 2. The van der Waals surface area contributed by atoms with Crippen molar-refractivity contribution in [3.8, 4) is 5.75 Å². The summed E-state index contributed by atoms with van der Waals surface area (Å²) in [5.74, 6) is -0.180. The smallest absolute Gasteiger partial charge is 0.259 e. The Labute approximate surface area is 106 Å². The van der Waals surface area contributed by atoms with E-state index in [4.69, 9.17) is 9.47 Å². The van der Waals surface area contributed by atoms with Gasteiger partial charge in [0.25, 0.3) is 11.8 Å². The Hall–Kier alpha value is -1.40. The Morgan fingerprint density at radius 2 is 1.94 bits per heavy atom. The maximum atomic E-state index is 11.7. The van der Waals surface area contributed by atoms with E-state index >= 15 is 0 Å². The first-order valence-corrected chi connectivity index (χ1v) is 5.70. The highest BCUT2D eigenvalue weighted by Gasteiger charge is 2.29. The van der Waals surface area contributed by atoms with E-state index in [1.807, 2.05) is 0 Å². The van der Waals surface area contributed by atoms with Crippen LogP contribution in [0.25, 0.3) is 0 Å². The van der Waals surface area contributed by atoms with E-state index < -0.39 is 0 Å². The van der Waals surface area contributed by atoms with Crippen molar-refractivity contribution in [3.63, 3.8) is 0 Å². The molecule has 2 rings (SSSR count). The summed E-state index contributed by atoms with van der Waals surface area (Å²) in [6, 6.07) is 5.10. The first kappa shape index (κ1) is 12.1. The van der Waals surface area contributed by atoms with Gasteiger partial charge in [0.2, 0.25) is 0 Å². The normalized spacial score (nSPS) is 16.2. The second-order valence-corrected chi connectivity index (χ2v) is 4.29. The first-order valence-electron chi connectivity index (χ1n) is 4.90. The summed E-state index contributed by atoms with van der Waals surface area (Å²) >= 11 is 3.31. The number of anilines is 1. The molecule has 0 aliphatic carbocycles. The first-order chi connectivity index (χ1) is 8.13. The molecule has 1 aromatic carbocycles. The number of hydrogen-bond acceptors (Lipinski definition) is 4. The fourth-order valence-electron chi connectivity index (χ4n) is 1.55. The Morgan fingerprint density at radius 3 is 2.53 bits per heavy atom. The number of imide groups is 1. The van der Waals surface area contributed by atoms with Crippen molar-refractivity contribution in [3.05, 3.63) is 22.7 Å². The zero-order valence-electron chi connectivity index (χ0n) is 9.10. The minimum Gasteiger partial charge on any atom is -0.497 e. The number of hydrogen-bond donors (Lipinski definition) is 0. The molecule has 90 valence electrons. The molecule has 17 heavy (non-hydrogen) atoms. The lowest BCUT2D eigenvalue weighted by Crippen LogP contribution is -2.46. The third-order valence-electron chi connectivity index (χ3n) is 2.34. The number of benzene rings is 1. The van der Waals surface area contributed by atoms with Crippen LogP contribution < -0.4 is 9.64 Å². The van der Waals surface area contributed by atoms with E-state index in [0.717, 1.165) is 4.90 Å². The van der Waals surface area contributed by atoms with Crippen LogP contribution in [0.1, 0.15) is 0 Å². The van der Waals surface area contributed by atoms with Crippen LogP contribution in [0.4, 0.5) is 5.69 Å². The maximum absolute atomic E-state index is 11.7. The molecule has 0 atom stereocenters. The number of ether oxygens (including phenoxy) is 2. The summed E-state index contributed by atoms with van der Waals surface area (Å²) in [5, 5.41) is 0. The van der Waals surface area contributed by atoms with Gasteiger partial charge in [-0.3, -0.25) is 9.59 Å². The molecule has 1 heterocycles. The molecular weight excluding hydrogens is 290 g/mol. The van der Waals surface area contributed by atoms with E-state index in [1.54, 1.807) is 18.2 Å². The average Bonchev–Trinajstić information content (AvgIpc) is 2.31. The summed E-state index contributed by atoms with van der Waals surface area (Å²) in [6.45, 7) is -0.176. The van der Waals surface area contributed by atoms with Crippen molar-refractivity contribution in [1.82, 2.24) is 0 Å². The van der Waals surface area contributed by atoms with E-state index in [2.05, 4.69) is 15.9 Å². The molecule has 1 saturated heterocycles. The van der Waals surface area contributed by atoms with Crippen molar-refractivity contribution in [1.29, 1.82) is 0 Å². The third-order valence-corrected chi connectivity index (χ3v) is 3.01. The molecule has 2 amide bonds. The van der Waals surface area contributed by atoms with Crippen molar-refractivity contribution in [2.75, 3.05) is 25.2 Å². The number of morpholine rings is 1. The number of carbonyl (C=O) groups is 2. The highest BCUT2D eigenvalue weighted by molar-refractivity contribution is 9.10.